The molecule has 0 saturated carbocycles. The van der Waals surface area contributed by atoms with Gasteiger partial charge in [-0.2, -0.15) is 0 Å². The monoisotopic (exact) mass is 166 g/mol. The Morgan fingerprint density at radius 3 is 3.00 bits per heavy atom. The van der Waals surface area contributed by atoms with Crippen LogP contribution >= 0.6 is 8.69 Å². The van der Waals surface area contributed by atoms with Crippen LogP contribution in [0.3, 0.4) is 0 Å². The molecule has 0 bridgehead atoms. The highest BCUT2D eigenvalue weighted by Crippen LogP contribution is 2.00. The summed E-state index contributed by atoms with van der Waals surface area (Å²) in [6.07, 6.45) is 1.51. The fourth-order valence-corrected chi connectivity index (χ4v) is 0.550. The first-order valence-electron chi connectivity index (χ1n) is 2.71. The van der Waals surface area contributed by atoms with Crippen molar-refractivity contribution in [3.05, 3.63) is 11.9 Å². The van der Waals surface area contributed by atoms with Gasteiger partial charge in [0.2, 0.25) is 0 Å². The van der Waals surface area contributed by atoms with Crippen LogP contribution in [0.5, 0.6) is 0 Å². The normalized spacial score (nSPS) is 12.4. The lowest BCUT2D eigenvalue weighted by Crippen LogP contribution is -1.85. The molecule has 0 aliphatic rings. The summed E-state index contributed by atoms with van der Waals surface area (Å²) >= 11 is 0. The molecule has 0 spiro atoms. The van der Waals surface area contributed by atoms with E-state index in [1.54, 1.807) is 0 Å². The van der Waals surface area contributed by atoms with Gasteiger partial charge >= 0.3 is 8.69 Å². The third kappa shape index (κ3) is 5.82. The maximum Gasteiger partial charge on any atom is 0.327 e. The Balaban J connectivity index is 3.24. The van der Waals surface area contributed by atoms with Gasteiger partial charge < -0.3 is 5.11 Å². The molecule has 1 N–H and O–H groups in total. The molecular formula is C5H8FO3P. The molecule has 0 unspecified atom stereocenters. The largest absolute Gasteiger partial charge is 0.389 e. The summed E-state index contributed by atoms with van der Waals surface area (Å²) < 4.78 is 26.0. The quantitative estimate of drug-likeness (QED) is 0.496. The summed E-state index contributed by atoms with van der Waals surface area (Å²) in [7, 11) is -0.403. The number of aliphatic hydroxyl groups excluding tert-OH is 1. The van der Waals surface area contributed by atoms with Gasteiger partial charge in [0, 0.05) is 0 Å². The van der Waals surface area contributed by atoms with Crippen molar-refractivity contribution >= 4 is 8.69 Å². The Morgan fingerprint density at radius 1 is 1.80 bits per heavy atom. The number of hydrogen-bond acceptors (Lipinski definition) is 3. The number of hydrogen-bond donors (Lipinski definition) is 1. The second kappa shape index (κ2) is 6.81. The standard InChI is InChI=1S/C5H8FO3P/c6-5(4-7)2-1-3-9-10-8/h2,7H,1,3-4H2/b5-2+. The first kappa shape index (κ1) is 9.69. The van der Waals surface area contributed by atoms with Crippen molar-refractivity contribution in [3.8, 4) is 0 Å². The predicted molar refractivity (Wildman–Crippen MR) is 34.5 cm³/mol. The molecular weight excluding hydrogens is 158 g/mol. The minimum atomic E-state index is -0.592. The second-order valence-electron chi connectivity index (χ2n) is 1.51. The van der Waals surface area contributed by atoms with E-state index in [9.17, 15) is 8.96 Å². The molecule has 0 atom stereocenters. The van der Waals surface area contributed by atoms with E-state index in [1.165, 1.54) is 6.08 Å². The highest BCUT2D eigenvalue weighted by molar-refractivity contribution is 7.17. The molecule has 0 radical (unpaired) electrons. The maximum atomic E-state index is 12.0. The van der Waals surface area contributed by atoms with Gasteiger partial charge in [0.1, 0.15) is 5.83 Å². The van der Waals surface area contributed by atoms with Crippen molar-refractivity contribution in [1.29, 1.82) is 0 Å². The zero-order valence-electron chi connectivity index (χ0n) is 5.29. The molecule has 0 saturated heterocycles. The molecule has 0 heterocycles. The molecule has 58 valence electrons. The van der Waals surface area contributed by atoms with Gasteiger partial charge in [-0.05, 0) is 12.5 Å². The van der Waals surface area contributed by atoms with Crippen molar-refractivity contribution in [3.63, 3.8) is 0 Å². The molecule has 0 amide bonds. The Labute approximate surface area is 59.8 Å². The first-order chi connectivity index (χ1) is 4.81. The smallest absolute Gasteiger partial charge is 0.327 e. The van der Waals surface area contributed by atoms with Crippen LogP contribution < -0.4 is 0 Å². The SMILES string of the molecule is O=POCC/C=C(/F)CO. The zero-order chi connectivity index (χ0) is 7.82. The lowest BCUT2D eigenvalue weighted by molar-refractivity contribution is 0.295. The molecule has 0 aliphatic carbocycles. The Bertz CT molecular complexity index is 126. The maximum absolute atomic E-state index is 12.0. The molecule has 0 aromatic heterocycles. The Kier molecular flexibility index (Phi) is 6.59. The van der Waals surface area contributed by atoms with E-state index in [0.29, 0.717) is 6.42 Å². The van der Waals surface area contributed by atoms with E-state index in [0.717, 1.165) is 0 Å². The van der Waals surface area contributed by atoms with Gasteiger partial charge in [0.05, 0.1) is 13.2 Å². The predicted octanol–water partition coefficient (Wildman–Crippen LogP) is 1.45. The second-order valence-corrected chi connectivity index (χ2v) is 1.91. The fourth-order valence-electron chi connectivity index (χ4n) is 0.370. The summed E-state index contributed by atoms with van der Waals surface area (Å²) in [6.45, 7) is -0.395. The van der Waals surface area contributed by atoms with Crippen molar-refractivity contribution in [2.24, 2.45) is 0 Å². The summed E-state index contributed by atoms with van der Waals surface area (Å²) in [5, 5.41) is 8.14. The molecule has 10 heavy (non-hydrogen) atoms. The van der Waals surface area contributed by atoms with Crippen LogP contribution in [0, 0.1) is 0 Å². The molecule has 0 aliphatic heterocycles. The van der Waals surface area contributed by atoms with Crippen LogP contribution in [-0.2, 0) is 9.09 Å². The molecule has 0 rings (SSSR count). The summed E-state index contributed by atoms with van der Waals surface area (Å²) in [6, 6.07) is 0. The van der Waals surface area contributed by atoms with Crippen molar-refractivity contribution < 1.29 is 18.6 Å². The average Bonchev–Trinajstić information content (AvgIpc) is 1.98. The highest BCUT2D eigenvalue weighted by atomic mass is 31.1. The van der Waals surface area contributed by atoms with Gasteiger partial charge in [-0.15, -0.1) is 0 Å². The van der Waals surface area contributed by atoms with Gasteiger partial charge in [-0.1, -0.05) is 0 Å². The topological polar surface area (TPSA) is 46.5 Å². The average molecular weight is 166 g/mol. The lowest BCUT2D eigenvalue weighted by Gasteiger charge is -1.89. The van der Waals surface area contributed by atoms with Gasteiger partial charge in [0.15, 0.2) is 0 Å². The lowest BCUT2D eigenvalue weighted by atomic mass is 10.4. The number of rotatable bonds is 5. The van der Waals surface area contributed by atoms with E-state index in [4.69, 9.17) is 5.11 Å². The van der Waals surface area contributed by atoms with Crippen LogP contribution in [0.25, 0.3) is 0 Å². The van der Waals surface area contributed by atoms with Crippen molar-refractivity contribution in [2.75, 3.05) is 13.2 Å². The van der Waals surface area contributed by atoms with Crippen molar-refractivity contribution in [1.82, 2.24) is 0 Å². The number of halogens is 1. The molecule has 3 nitrogen and oxygen atoms in total. The third-order valence-corrected chi connectivity index (χ3v) is 1.07. The fraction of sp³-hybridized carbons (Fsp3) is 0.600. The summed E-state index contributed by atoms with van der Waals surface area (Å²) in [4.78, 5) is 0. The van der Waals surface area contributed by atoms with Gasteiger partial charge in [-0.3, -0.25) is 4.52 Å². The van der Waals surface area contributed by atoms with Gasteiger partial charge in [0.25, 0.3) is 0 Å². The van der Waals surface area contributed by atoms with Crippen LogP contribution in [-0.4, -0.2) is 18.3 Å². The van der Waals surface area contributed by atoms with E-state index in [2.05, 4.69) is 4.52 Å². The molecule has 0 aromatic carbocycles. The molecule has 5 heteroatoms. The van der Waals surface area contributed by atoms with Crippen molar-refractivity contribution in [2.45, 2.75) is 6.42 Å². The molecule has 0 aromatic rings. The highest BCUT2D eigenvalue weighted by Gasteiger charge is 1.89. The van der Waals surface area contributed by atoms with Crippen LogP contribution in [0.2, 0.25) is 0 Å². The minimum Gasteiger partial charge on any atom is -0.389 e. The number of aliphatic hydroxyl groups is 1. The Hall–Kier alpha value is -0.310. The summed E-state index contributed by atoms with van der Waals surface area (Å²) in [5.74, 6) is -0.592. The van der Waals surface area contributed by atoms with Crippen LogP contribution in [0.1, 0.15) is 6.42 Å². The first-order valence-corrected chi connectivity index (χ1v) is 3.44. The van der Waals surface area contributed by atoms with E-state index >= 15 is 0 Å². The molecule has 0 fully saturated rings. The minimum absolute atomic E-state index is 0.193. The Morgan fingerprint density at radius 2 is 2.50 bits per heavy atom. The third-order valence-electron chi connectivity index (χ3n) is 0.779. The van der Waals surface area contributed by atoms with Gasteiger partial charge in [-0.25, -0.2) is 8.96 Å². The van der Waals surface area contributed by atoms with E-state index in [-0.39, 0.29) is 6.61 Å². The van der Waals surface area contributed by atoms with Crippen LogP contribution in [0.15, 0.2) is 11.9 Å². The van der Waals surface area contributed by atoms with E-state index in [1.807, 2.05) is 0 Å². The van der Waals surface area contributed by atoms with E-state index < -0.39 is 21.1 Å². The zero-order valence-corrected chi connectivity index (χ0v) is 6.18. The summed E-state index contributed by atoms with van der Waals surface area (Å²) in [5.41, 5.74) is 0. The van der Waals surface area contributed by atoms with Crippen LogP contribution in [0.4, 0.5) is 4.39 Å².